The molecule has 0 fully saturated rings. The van der Waals surface area contributed by atoms with E-state index in [1.165, 1.54) is 18.6 Å². The Morgan fingerprint density at radius 2 is 1.71 bits per heavy atom. The minimum absolute atomic E-state index is 0.256. The molecule has 2 heterocycles. The largest absolute Gasteiger partial charge is 0.305 e. The minimum atomic E-state index is -0.330. The van der Waals surface area contributed by atoms with Gasteiger partial charge in [-0.05, 0) is 17.7 Å². The Bertz CT molecular complexity index is 727. The van der Waals surface area contributed by atoms with Crippen molar-refractivity contribution in [3.63, 3.8) is 0 Å². The molecule has 0 radical (unpaired) electrons. The molecule has 0 saturated heterocycles. The van der Waals surface area contributed by atoms with E-state index in [0.29, 0.717) is 5.82 Å². The molecule has 5 heteroatoms. The number of nitrogens with zero attached hydrogens (tertiary/aromatic N) is 3. The first-order valence-corrected chi connectivity index (χ1v) is 6.42. The molecule has 0 bridgehead atoms. The van der Waals surface area contributed by atoms with Crippen LogP contribution in [0, 0.1) is 0 Å². The molecule has 1 amide bonds. The lowest BCUT2D eigenvalue weighted by molar-refractivity contribution is 0.102. The lowest BCUT2D eigenvalue weighted by Gasteiger charge is -2.05. The van der Waals surface area contributed by atoms with E-state index < -0.39 is 0 Å². The fourth-order valence-electron chi connectivity index (χ4n) is 1.87. The molecule has 0 aliphatic heterocycles. The highest BCUT2D eigenvalue weighted by molar-refractivity contribution is 6.02. The van der Waals surface area contributed by atoms with Crippen LogP contribution in [0.1, 0.15) is 10.5 Å². The lowest BCUT2D eigenvalue weighted by atomic mass is 10.1. The highest BCUT2D eigenvalue weighted by Crippen LogP contribution is 2.19. The van der Waals surface area contributed by atoms with E-state index in [2.05, 4.69) is 20.3 Å². The first-order valence-electron chi connectivity index (χ1n) is 6.42. The van der Waals surface area contributed by atoms with Crippen molar-refractivity contribution in [2.45, 2.75) is 0 Å². The molecule has 102 valence electrons. The molecule has 0 unspecified atom stereocenters. The number of rotatable bonds is 3. The number of pyridine rings is 1. The Kier molecular flexibility index (Phi) is 3.64. The summed E-state index contributed by atoms with van der Waals surface area (Å²) >= 11 is 0. The number of aromatic nitrogens is 3. The molecular formula is C16H12N4O. The third kappa shape index (κ3) is 3.09. The van der Waals surface area contributed by atoms with Gasteiger partial charge >= 0.3 is 0 Å². The van der Waals surface area contributed by atoms with Crippen LogP contribution < -0.4 is 5.32 Å². The van der Waals surface area contributed by atoms with Gasteiger partial charge in [0.25, 0.3) is 5.91 Å². The summed E-state index contributed by atoms with van der Waals surface area (Å²) in [5.41, 5.74) is 2.33. The van der Waals surface area contributed by atoms with E-state index in [4.69, 9.17) is 0 Å². The molecule has 1 N–H and O–H groups in total. The van der Waals surface area contributed by atoms with Gasteiger partial charge in [-0.1, -0.05) is 30.3 Å². The summed E-state index contributed by atoms with van der Waals surface area (Å²) in [7, 11) is 0. The number of carbonyl (C=O) groups is 1. The van der Waals surface area contributed by atoms with Crippen molar-refractivity contribution in [3.8, 4) is 11.1 Å². The summed E-state index contributed by atoms with van der Waals surface area (Å²) in [6.07, 6.45) is 6.12. The van der Waals surface area contributed by atoms with Crippen LogP contribution in [0.15, 0.2) is 67.3 Å². The zero-order valence-electron chi connectivity index (χ0n) is 11.1. The SMILES string of the molecule is O=C(Nc1ccc(-c2ccccc2)cn1)c1cnccn1. The lowest BCUT2D eigenvalue weighted by Crippen LogP contribution is -2.14. The zero-order valence-corrected chi connectivity index (χ0v) is 11.1. The molecule has 1 aromatic carbocycles. The smallest absolute Gasteiger partial charge is 0.277 e. The predicted molar refractivity (Wildman–Crippen MR) is 79.7 cm³/mol. The van der Waals surface area contributed by atoms with Crippen molar-refractivity contribution in [1.82, 2.24) is 15.0 Å². The quantitative estimate of drug-likeness (QED) is 0.798. The molecule has 3 rings (SSSR count). The van der Waals surface area contributed by atoms with Crippen molar-refractivity contribution >= 4 is 11.7 Å². The first kappa shape index (κ1) is 12.9. The summed E-state index contributed by atoms with van der Waals surface area (Å²) in [5.74, 6) is 0.147. The van der Waals surface area contributed by atoms with Gasteiger partial charge in [0.1, 0.15) is 11.5 Å². The second kappa shape index (κ2) is 5.92. The Labute approximate surface area is 121 Å². The van der Waals surface area contributed by atoms with Gasteiger partial charge in [-0.2, -0.15) is 0 Å². The molecular weight excluding hydrogens is 264 g/mol. The van der Waals surface area contributed by atoms with E-state index >= 15 is 0 Å². The third-order valence-electron chi connectivity index (χ3n) is 2.91. The van der Waals surface area contributed by atoms with Crippen LogP contribution in [0.25, 0.3) is 11.1 Å². The van der Waals surface area contributed by atoms with Crippen molar-refractivity contribution in [1.29, 1.82) is 0 Å². The van der Waals surface area contributed by atoms with E-state index in [1.807, 2.05) is 36.4 Å². The van der Waals surface area contributed by atoms with Crippen LogP contribution in [-0.2, 0) is 0 Å². The molecule has 0 aliphatic rings. The van der Waals surface area contributed by atoms with Gasteiger partial charge < -0.3 is 5.32 Å². The predicted octanol–water partition coefficient (Wildman–Crippen LogP) is 2.79. The van der Waals surface area contributed by atoms with Gasteiger partial charge in [-0.3, -0.25) is 9.78 Å². The Morgan fingerprint density at radius 1 is 0.857 bits per heavy atom. The highest BCUT2D eigenvalue weighted by Gasteiger charge is 2.08. The zero-order chi connectivity index (χ0) is 14.5. The molecule has 0 saturated carbocycles. The molecule has 0 spiro atoms. The molecule has 3 aromatic rings. The molecule has 2 aromatic heterocycles. The van der Waals surface area contributed by atoms with Crippen LogP contribution in [0.2, 0.25) is 0 Å². The Hall–Kier alpha value is -3.08. The van der Waals surface area contributed by atoms with Crippen LogP contribution in [0.5, 0.6) is 0 Å². The highest BCUT2D eigenvalue weighted by atomic mass is 16.1. The van der Waals surface area contributed by atoms with Crippen molar-refractivity contribution in [2.75, 3.05) is 5.32 Å². The Balaban J connectivity index is 1.75. The van der Waals surface area contributed by atoms with Crippen molar-refractivity contribution in [2.24, 2.45) is 0 Å². The van der Waals surface area contributed by atoms with Crippen LogP contribution >= 0.6 is 0 Å². The topological polar surface area (TPSA) is 67.8 Å². The number of benzene rings is 1. The molecule has 0 atom stereocenters. The average molecular weight is 276 g/mol. The summed E-state index contributed by atoms with van der Waals surface area (Å²) in [4.78, 5) is 24.0. The summed E-state index contributed by atoms with van der Waals surface area (Å²) in [6, 6.07) is 13.6. The fraction of sp³-hybridized carbons (Fsp3) is 0. The van der Waals surface area contributed by atoms with Gasteiger partial charge in [-0.25, -0.2) is 9.97 Å². The summed E-state index contributed by atoms with van der Waals surface area (Å²) in [5, 5.41) is 2.68. The van der Waals surface area contributed by atoms with Crippen LogP contribution in [0.3, 0.4) is 0 Å². The fourth-order valence-corrected chi connectivity index (χ4v) is 1.87. The van der Waals surface area contributed by atoms with E-state index in [0.717, 1.165) is 11.1 Å². The van der Waals surface area contributed by atoms with Crippen LogP contribution in [-0.4, -0.2) is 20.9 Å². The number of amides is 1. The minimum Gasteiger partial charge on any atom is -0.305 e. The van der Waals surface area contributed by atoms with Gasteiger partial charge in [0.05, 0.1) is 6.20 Å². The number of nitrogens with one attached hydrogen (secondary N) is 1. The third-order valence-corrected chi connectivity index (χ3v) is 2.91. The van der Waals surface area contributed by atoms with E-state index in [-0.39, 0.29) is 11.6 Å². The van der Waals surface area contributed by atoms with Gasteiger partial charge in [-0.15, -0.1) is 0 Å². The maximum absolute atomic E-state index is 11.9. The summed E-state index contributed by atoms with van der Waals surface area (Å²) < 4.78 is 0. The monoisotopic (exact) mass is 276 g/mol. The van der Waals surface area contributed by atoms with Crippen molar-refractivity contribution in [3.05, 3.63) is 72.9 Å². The Morgan fingerprint density at radius 3 is 2.38 bits per heavy atom. The number of hydrogen-bond acceptors (Lipinski definition) is 4. The second-order valence-corrected chi connectivity index (χ2v) is 4.34. The average Bonchev–Trinajstić information content (AvgIpc) is 2.57. The maximum atomic E-state index is 11.9. The van der Waals surface area contributed by atoms with E-state index in [1.54, 1.807) is 12.3 Å². The number of hydrogen-bond donors (Lipinski definition) is 1. The number of carbonyl (C=O) groups excluding carboxylic acids is 1. The molecule has 5 nitrogen and oxygen atoms in total. The van der Waals surface area contributed by atoms with Gasteiger partial charge in [0.2, 0.25) is 0 Å². The standard InChI is InChI=1S/C16H12N4O/c21-16(14-11-17-8-9-18-14)20-15-7-6-13(10-19-15)12-4-2-1-3-5-12/h1-11H,(H,19,20,21). The van der Waals surface area contributed by atoms with Crippen LogP contribution in [0.4, 0.5) is 5.82 Å². The number of anilines is 1. The maximum Gasteiger partial charge on any atom is 0.277 e. The normalized spacial score (nSPS) is 10.1. The van der Waals surface area contributed by atoms with E-state index in [9.17, 15) is 4.79 Å². The molecule has 0 aliphatic carbocycles. The van der Waals surface area contributed by atoms with Gasteiger partial charge in [0.15, 0.2) is 0 Å². The second-order valence-electron chi connectivity index (χ2n) is 4.34. The summed E-state index contributed by atoms with van der Waals surface area (Å²) in [6.45, 7) is 0. The first-order chi connectivity index (χ1) is 10.3. The van der Waals surface area contributed by atoms with Gasteiger partial charge in [0, 0.05) is 24.2 Å². The molecule has 21 heavy (non-hydrogen) atoms. The van der Waals surface area contributed by atoms with Crippen molar-refractivity contribution < 1.29 is 4.79 Å².